The van der Waals surface area contributed by atoms with E-state index in [1.54, 1.807) is 12.1 Å². The molecule has 22 heavy (non-hydrogen) atoms. The summed E-state index contributed by atoms with van der Waals surface area (Å²) in [4.78, 5) is 11.9. The first-order chi connectivity index (χ1) is 10.7. The Kier molecular flexibility index (Phi) is 2.94. The second-order valence-corrected chi connectivity index (χ2v) is 6.07. The average molecular weight is 298 g/mol. The number of H-pyrrole nitrogens is 1. The van der Waals surface area contributed by atoms with E-state index in [0.717, 1.165) is 47.6 Å². The van der Waals surface area contributed by atoms with Gasteiger partial charge < -0.3 is 20.5 Å². The third-order valence-electron chi connectivity index (χ3n) is 4.62. The predicted molar refractivity (Wildman–Crippen MR) is 85.0 cm³/mol. The van der Waals surface area contributed by atoms with E-state index in [-0.39, 0.29) is 17.9 Å². The Balaban J connectivity index is 1.90. The van der Waals surface area contributed by atoms with Crippen LogP contribution in [0.25, 0.3) is 21.9 Å². The molecule has 2 aromatic heterocycles. The number of hydrogen-bond donors (Lipinski definition) is 4. The van der Waals surface area contributed by atoms with Gasteiger partial charge in [0.2, 0.25) is 0 Å². The zero-order valence-corrected chi connectivity index (χ0v) is 12.1. The van der Waals surface area contributed by atoms with E-state index in [2.05, 4.69) is 20.3 Å². The number of nitrogens with zero attached hydrogens (tertiary/aromatic N) is 2. The Morgan fingerprint density at radius 1 is 1.23 bits per heavy atom. The lowest BCUT2D eigenvalue weighted by Crippen LogP contribution is -2.39. The molecular weight excluding hydrogens is 280 g/mol. The minimum absolute atomic E-state index is 0.0894. The van der Waals surface area contributed by atoms with Crippen molar-refractivity contribution >= 4 is 27.8 Å². The molecule has 0 radical (unpaired) electrons. The minimum atomic E-state index is -0.304. The molecule has 0 aliphatic heterocycles. The molecule has 1 aliphatic rings. The Morgan fingerprint density at radius 2 is 2.05 bits per heavy atom. The maximum Gasteiger partial charge on any atom is 0.143 e. The predicted octanol–water partition coefficient (Wildman–Crippen LogP) is 2.53. The number of fused-ring (bicyclic) bond motifs is 3. The molecule has 0 amide bonds. The summed E-state index contributed by atoms with van der Waals surface area (Å²) in [5.41, 5.74) is 1.33. The Hall–Kier alpha value is -2.34. The van der Waals surface area contributed by atoms with Crippen LogP contribution in [0, 0.1) is 0 Å². The van der Waals surface area contributed by atoms with Crippen molar-refractivity contribution in [2.75, 3.05) is 11.9 Å². The number of anilines is 1. The van der Waals surface area contributed by atoms with Gasteiger partial charge in [-0.1, -0.05) is 12.8 Å². The first kappa shape index (κ1) is 13.3. The van der Waals surface area contributed by atoms with Gasteiger partial charge in [-0.05, 0) is 31.0 Å². The fourth-order valence-electron chi connectivity index (χ4n) is 3.43. The number of phenolic OH excluding ortho intramolecular Hbond substituents is 1. The number of phenols is 1. The third kappa shape index (κ3) is 1.99. The molecular formula is C16H18N4O2. The monoisotopic (exact) mass is 298 g/mol. The van der Waals surface area contributed by atoms with E-state index in [0.29, 0.717) is 5.82 Å². The van der Waals surface area contributed by atoms with E-state index >= 15 is 0 Å². The minimum Gasteiger partial charge on any atom is -0.508 e. The van der Waals surface area contributed by atoms with Crippen LogP contribution in [-0.2, 0) is 0 Å². The Labute approximate surface area is 127 Å². The van der Waals surface area contributed by atoms with Gasteiger partial charge in [-0.3, -0.25) is 0 Å². The van der Waals surface area contributed by atoms with Gasteiger partial charge in [0.05, 0.1) is 17.5 Å². The van der Waals surface area contributed by atoms with Crippen molar-refractivity contribution in [2.45, 2.75) is 31.2 Å². The first-order valence-corrected chi connectivity index (χ1v) is 7.55. The zero-order valence-electron chi connectivity index (χ0n) is 12.1. The van der Waals surface area contributed by atoms with Crippen LogP contribution in [-0.4, -0.2) is 37.3 Å². The van der Waals surface area contributed by atoms with Gasteiger partial charge in [0, 0.05) is 10.9 Å². The highest BCUT2D eigenvalue weighted by Crippen LogP contribution is 2.36. The summed E-state index contributed by atoms with van der Waals surface area (Å²) in [7, 11) is 0. The topological polar surface area (TPSA) is 94.1 Å². The molecule has 0 spiro atoms. The van der Waals surface area contributed by atoms with Crippen molar-refractivity contribution in [3.05, 3.63) is 24.5 Å². The van der Waals surface area contributed by atoms with Crippen LogP contribution in [0.2, 0.25) is 0 Å². The number of aromatic amines is 1. The maximum absolute atomic E-state index is 9.80. The smallest absolute Gasteiger partial charge is 0.143 e. The lowest BCUT2D eigenvalue weighted by molar-refractivity contribution is 0.214. The van der Waals surface area contributed by atoms with Crippen molar-refractivity contribution in [3.63, 3.8) is 0 Å². The summed E-state index contributed by atoms with van der Waals surface area (Å²) in [5, 5.41) is 24.7. The van der Waals surface area contributed by atoms with Crippen LogP contribution in [0.5, 0.6) is 5.75 Å². The highest BCUT2D eigenvalue weighted by molar-refractivity contribution is 6.11. The Bertz CT molecular complexity index is 837. The molecule has 0 saturated heterocycles. The highest BCUT2D eigenvalue weighted by Gasteiger charge is 2.34. The molecule has 2 heterocycles. The van der Waals surface area contributed by atoms with E-state index in [9.17, 15) is 10.2 Å². The van der Waals surface area contributed by atoms with E-state index in [4.69, 9.17) is 0 Å². The molecule has 114 valence electrons. The number of nitrogens with one attached hydrogen (secondary N) is 2. The SMILES string of the molecule is OCC1(Nc2ncnc3[nH]c4ccc(O)cc4c23)CCCC1. The maximum atomic E-state index is 9.80. The number of aliphatic hydroxyl groups is 1. The normalized spacial score (nSPS) is 17.3. The summed E-state index contributed by atoms with van der Waals surface area (Å²) in [6, 6.07) is 5.18. The number of aliphatic hydroxyl groups excluding tert-OH is 1. The zero-order chi connectivity index (χ0) is 15.2. The molecule has 4 N–H and O–H groups in total. The molecule has 3 aromatic rings. The third-order valence-corrected chi connectivity index (χ3v) is 4.62. The molecule has 0 bridgehead atoms. The molecule has 4 rings (SSSR count). The van der Waals surface area contributed by atoms with Crippen LogP contribution in [0.3, 0.4) is 0 Å². The fraction of sp³-hybridized carbons (Fsp3) is 0.375. The first-order valence-electron chi connectivity index (χ1n) is 7.55. The number of aromatic nitrogens is 3. The summed E-state index contributed by atoms with van der Waals surface area (Å²) in [6.45, 7) is 0.0894. The van der Waals surface area contributed by atoms with Crippen molar-refractivity contribution < 1.29 is 10.2 Å². The highest BCUT2D eigenvalue weighted by atomic mass is 16.3. The lowest BCUT2D eigenvalue weighted by Gasteiger charge is -2.28. The van der Waals surface area contributed by atoms with Crippen LogP contribution in [0.15, 0.2) is 24.5 Å². The lowest BCUT2D eigenvalue weighted by atomic mass is 9.98. The summed E-state index contributed by atoms with van der Waals surface area (Å²) in [5.74, 6) is 0.916. The van der Waals surface area contributed by atoms with E-state index in [1.165, 1.54) is 6.33 Å². The van der Waals surface area contributed by atoms with Gasteiger partial charge in [-0.15, -0.1) is 0 Å². The average Bonchev–Trinajstić information content (AvgIpc) is 3.12. The second kappa shape index (κ2) is 4.84. The summed E-state index contributed by atoms with van der Waals surface area (Å²) < 4.78 is 0. The van der Waals surface area contributed by atoms with Crippen LogP contribution in [0.1, 0.15) is 25.7 Å². The number of benzene rings is 1. The molecule has 1 fully saturated rings. The number of rotatable bonds is 3. The molecule has 1 aliphatic carbocycles. The van der Waals surface area contributed by atoms with Crippen molar-refractivity contribution in [2.24, 2.45) is 0 Å². The number of aromatic hydroxyl groups is 1. The van der Waals surface area contributed by atoms with Crippen LogP contribution in [0.4, 0.5) is 5.82 Å². The summed E-state index contributed by atoms with van der Waals surface area (Å²) in [6.07, 6.45) is 5.60. The fourth-order valence-corrected chi connectivity index (χ4v) is 3.43. The molecule has 6 heteroatoms. The standard InChI is InChI=1S/C16H18N4O2/c21-8-16(5-1-2-6-16)20-15-13-11-7-10(22)3-4-12(11)19-14(13)17-9-18-15/h3-4,7,9,21-22H,1-2,5-6,8H2,(H2,17,18,19,20). The molecule has 0 atom stereocenters. The van der Waals surface area contributed by atoms with Crippen LogP contribution < -0.4 is 5.32 Å². The van der Waals surface area contributed by atoms with Gasteiger partial charge in [-0.25, -0.2) is 9.97 Å². The largest absolute Gasteiger partial charge is 0.508 e. The molecule has 6 nitrogen and oxygen atoms in total. The number of hydrogen-bond acceptors (Lipinski definition) is 5. The quantitative estimate of drug-likeness (QED) is 0.596. The van der Waals surface area contributed by atoms with Crippen molar-refractivity contribution in [3.8, 4) is 5.75 Å². The molecule has 0 unspecified atom stereocenters. The van der Waals surface area contributed by atoms with Crippen molar-refractivity contribution in [1.29, 1.82) is 0 Å². The van der Waals surface area contributed by atoms with Crippen LogP contribution >= 0.6 is 0 Å². The van der Waals surface area contributed by atoms with Crippen molar-refractivity contribution in [1.82, 2.24) is 15.0 Å². The second-order valence-electron chi connectivity index (χ2n) is 6.07. The van der Waals surface area contributed by atoms with E-state index < -0.39 is 0 Å². The van der Waals surface area contributed by atoms with Gasteiger partial charge >= 0.3 is 0 Å². The molecule has 1 saturated carbocycles. The Morgan fingerprint density at radius 3 is 2.82 bits per heavy atom. The molecule has 1 aromatic carbocycles. The van der Waals surface area contributed by atoms with E-state index in [1.807, 2.05) is 6.07 Å². The van der Waals surface area contributed by atoms with Gasteiger partial charge in [0.25, 0.3) is 0 Å². The van der Waals surface area contributed by atoms with Gasteiger partial charge in [0.1, 0.15) is 23.5 Å². The van der Waals surface area contributed by atoms with Gasteiger partial charge in [0.15, 0.2) is 0 Å². The summed E-state index contributed by atoms with van der Waals surface area (Å²) >= 11 is 0. The van der Waals surface area contributed by atoms with Gasteiger partial charge in [-0.2, -0.15) is 0 Å².